The molecule has 0 radical (unpaired) electrons. The summed E-state index contributed by atoms with van der Waals surface area (Å²) in [7, 11) is 4.57. The van der Waals surface area contributed by atoms with Crippen LogP contribution in [0.5, 0.6) is 23.0 Å². The van der Waals surface area contributed by atoms with Crippen molar-refractivity contribution in [2.75, 3.05) is 34.5 Å². The SMILES string of the molecule is COc1cc2sc3c(=O)n(CC(C)C(=O)OCCOc4cc5sc6c(=O)n(CC(C)C(=O)O)cnc6c5cc4OC)cnc3c2cc1OC. The van der Waals surface area contributed by atoms with E-state index in [0.717, 1.165) is 14.8 Å². The Bertz CT molecular complexity index is 2360. The van der Waals surface area contributed by atoms with E-state index in [4.69, 9.17) is 23.7 Å². The van der Waals surface area contributed by atoms with Crippen molar-refractivity contribution in [1.82, 2.24) is 19.1 Å². The Balaban J connectivity index is 1.11. The highest BCUT2D eigenvalue weighted by atomic mass is 32.1. The zero-order valence-corrected chi connectivity index (χ0v) is 28.8. The van der Waals surface area contributed by atoms with E-state index < -0.39 is 23.8 Å². The van der Waals surface area contributed by atoms with Crippen molar-refractivity contribution in [1.29, 1.82) is 0 Å². The molecule has 6 rings (SSSR count). The van der Waals surface area contributed by atoms with Gasteiger partial charge in [0, 0.05) is 45.4 Å². The number of carboxylic acids is 1. The van der Waals surface area contributed by atoms with Crippen LogP contribution in [0, 0.1) is 11.8 Å². The molecule has 256 valence electrons. The number of hydrogen-bond donors (Lipinski definition) is 1. The fourth-order valence-electron chi connectivity index (χ4n) is 5.38. The molecule has 0 spiro atoms. The molecule has 0 aliphatic carbocycles. The van der Waals surface area contributed by atoms with Gasteiger partial charge >= 0.3 is 11.9 Å². The first kappa shape index (κ1) is 33.7. The van der Waals surface area contributed by atoms with Crippen molar-refractivity contribution >= 4 is 75.2 Å². The Labute approximate surface area is 286 Å². The quantitative estimate of drug-likeness (QED) is 0.131. The number of carbonyl (C=O) groups excluding carboxylic acids is 1. The van der Waals surface area contributed by atoms with E-state index in [1.54, 1.807) is 39.3 Å². The lowest BCUT2D eigenvalue weighted by Gasteiger charge is -2.14. The van der Waals surface area contributed by atoms with Crippen molar-refractivity contribution in [2.45, 2.75) is 26.9 Å². The van der Waals surface area contributed by atoms with Crippen LogP contribution in [-0.2, 0) is 27.4 Å². The number of carbonyl (C=O) groups is 2. The summed E-state index contributed by atoms with van der Waals surface area (Å²) in [4.78, 5) is 59.5. The largest absolute Gasteiger partial charge is 0.493 e. The van der Waals surface area contributed by atoms with E-state index in [1.807, 2.05) is 6.07 Å². The summed E-state index contributed by atoms with van der Waals surface area (Å²) in [5.74, 6) is -1.04. The third-order valence-corrected chi connectivity index (χ3v) is 10.3. The molecular formula is C33H32N4O10S2. The third-order valence-electron chi connectivity index (χ3n) is 8.03. The van der Waals surface area contributed by atoms with Crippen LogP contribution in [0.3, 0.4) is 0 Å². The molecule has 4 aromatic heterocycles. The maximum Gasteiger partial charge on any atom is 0.310 e. The van der Waals surface area contributed by atoms with Gasteiger partial charge in [-0.25, -0.2) is 9.97 Å². The lowest BCUT2D eigenvalue weighted by atomic mass is 10.2. The normalized spacial score (nSPS) is 12.8. The Morgan fingerprint density at radius 1 is 0.735 bits per heavy atom. The number of ether oxygens (including phenoxy) is 5. The van der Waals surface area contributed by atoms with Gasteiger partial charge in [0.2, 0.25) is 0 Å². The van der Waals surface area contributed by atoms with Gasteiger partial charge in [0.05, 0.1) is 56.9 Å². The monoisotopic (exact) mass is 708 g/mol. The molecule has 0 amide bonds. The van der Waals surface area contributed by atoms with E-state index in [-0.39, 0.29) is 37.4 Å². The second-order valence-corrected chi connectivity index (χ2v) is 13.4. The molecule has 0 aliphatic rings. The molecule has 2 unspecified atom stereocenters. The fraction of sp³-hybridized carbons (Fsp3) is 0.333. The summed E-state index contributed by atoms with van der Waals surface area (Å²) in [5.41, 5.74) is 0.445. The molecule has 2 atom stereocenters. The molecule has 1 N–H and O–H groups in total. The Kier molecular flexibility index (Phi) is 9.43. The van der Waals surface area contributed by atoms with Crippen LogP contribution in [0.4, 0.5) is 0 Å². The van der Waals surface area contributed by atoms with Crippen molar-refractivity contribution < 1.29 is 38.4 Å². The van der Waals surface area contributed by atoms with Gasteiger partial charge in [-0.3, -0.25) is 28.3 Å². The van der Waals surface area contributed by atoms with E-state index in [9.17, 15) is 24.3 Å². The highest BCUT2D eigenvalue weighted by Crippen LogP contribution is 2.40. The van der Waals surface area contributed by atoms with E-state index in [2.05, 4.69) is 9.97 Å². The molecule has 2 aromatic carbocycles. The zero-order chi connectivity index (χ0) is 35.0. The fourth-order valence-corrected chi connectivity index (χ4v) is 7.61. The highest BCUT2D eigenvalue weighted by molar-refractivity contribution is 7.26. The molecule has 0 aliphatic heterocycles. The first-order valence-corrected chi connectivity index (χ1v) is 16.7. The van der Waals surface area contributed by atoms with Gasteiger partial charge in [-0.1, -0.05) is 13.8 Å². The maximum absolute atomic E-state index is 13.3. The zero-order valence-electron chi connectivity index (χ0n) is 27.2. The summed E-state index contributed by atoms with van der Waals surface area (Å²) in [6.45, 7) is 3.23. The number of esters is 1. The van der Waals surface area contributed by atoms with E-state index in [1.165, 1.54) is 58.5 Å². The second kappa shape index (κ2) is 13.7. The number of hydrogen-bond acceptors (Lipinski definition) is 13. The number of methoxy groups -OCH3 is 3. The Morgan fingerprint density at radius 3 is 1.71 bits per heavy atom. The van der Waals surface area contributed by atoms with Crippen LogP contribution in [0.1, 0.15) is 13.8 Å². The van der Waals surface area contributed by atoms with Crippen LogP contribution in [-0.4, -0.2) is 70.7 Å². The predicted octanol–water partition coefficient (Wildman–Crippen LogP) is 4.54. The molecule has 4 heterocycles. The summed E-state index contributed by atoms with van der Waals surface area (Å²) >= 11 is 2.52. The number of carboxylic acid groups (broad SMARTS) is 1. The van der Waals surface area contributed by atoms with Crippen molar-refractivity contribution in [2.24, 2.45) is 11.8 Å². The second-order valence-electron chi connectivity index (χ2n) is 11.3. The van der Waals surface area contributed by atoms with E-state index >= 15 is 0 Å². The number of fused-ring (bicyclic) bond motifs is 6. The molecule has 0 bridgehead atoms. The minimum atomic E-state index is -1.00. The van der Waals surface area contributed by atoms with Crippen LogP contribution in [0.25, 0.3) is 40.6 Å². The first-order chi connectivity index (χ1) is 23.5. The molecule has 14 nitrogen and oxygen atoms in total. The lowest BCUT2D eigenvalue weighted by molar-refractivity contribution is -0.149. The summed E-state index contributed by atoms with van der Waals surface area (Å²) in [5, 5.41) is 10.7. The molecule has 16 heteroatoms. The predicted molar refractivity (Wildman–Crippen MR) is 185 cm³/mol. The Morgan fingerprint density at radius 2 is 1.20 bits per heavy atom. The van der Waals surface area contributed by atoms with Crippen LogP contribution >= 0.6 is 22.7 Å². The number of thiophene rings is 2. The summed E-state index contributed by atoms with van der Waals surface area (Å²) < 4.78 is 32.7. The molecule has 0 fully saturated rings. The third kappa shape index (κ3) is 6.36. The van der Waals surface area contributed by atoms with Crippen molar-refractivity contribution in [3.63, 3.8) is 0 Å². The molecule has 0 saturated carbocycles. The number of nitrogens with zero attached hydrogens (tertiary/aromatic N) is 4. The van der Waals surface area contributed by atoms with Gasteiger partial charge in [-0.05, 0) is 12.1 Å². The minimum Gasteiger partial charge on any atom is -0.493 e. The average molecular weight is 709 g/mol. The van der Waals surface area contributed by atoms with Gasteiger partial charge in [-0.15, -0.1) is 22.7 Å². The molecule has 0 saturated heterocycles. The van der Waals surface area contributed by atoms with Crippen molar-refractivity contribution in [3.8, 4) is 23.0 Å². The minimum absolute atomic E-state index is 0.00118. The van der Waals surface area contributed by atoms with Gasteiger partial charge in [0.1, 0.15) is 22.6 Å². The smallest absolute Gasteiger partial charge is 0.310 e. The summed E-state index contributed by atoms with van der Waals surface area (Å²) in [6, 6.07) is 7.05. The van der Waals surface area contributed by atoms with E-state index in [0.29, 0.717) is 48.8 Å². The first-order valence-electron chi connectivity index (χ1n) is 15.1. The van der Waals surface area contributed by atoms with Crippen LogP contribution < -0.4 is 30.1 Å². The highest BCUT2D eigenvalue weighted by Gasteiger charge is 2.21. The number of rotatable bonds is 13. The molecule has 6 aromatic rings. The molecule has 49 heavy (non-hydrogen) atoms. The lowest BCUT2D eigenvalue weighted by Crippen LogP contribution is -2.28. The molecular weight excluding hydrogens is 677 g/mol. The van der Waals surface area contributed by atoms with Crippen LogP contribution in [0.15, 0.2) is 46.5 Å². The summed E-state index contributed by atoms with van der Waals surface area (Å²) in [6.07, 6.45) is 2.78. The maximum atomic E-state index is 13.3. The number of aromatic nitrogens is 4. The average Bonchev–Trinajstić information content (AvgIpc) is 3.65. The van der Waals surface area contributed by atoms with Crippen molar-refractivity contribution in [3.05, 3.63) is 57.6 Å². The number of benzene rings is 2. The van der Waals surface area contributed by atoms with Crippen LogP contribution in [0.2, 0.25) is 0 Å². The van der Waals surface area contributed by atoms with Gasteiger partial charge in [0.25, 0.3) is 11.1 Å². The van der Waals surface area contributed by atoms with Gasteiger partial charge in [0.15, 0.2) is 23.0 Å². The Hall–Kier alpha value is -5.22. The van der Waals surface area contributed by atoms with Gasteiger partial charge in [-0.2, -0.15) is 0 Å². The van der Waals surface area contributed by atoms with Gasteiger partial charge < -0.3 is 28.8 Å². The standard InChI is InChI=1S/C33H32N4O10S2/c1-16(32(40)41)12-36-14-34-27-19-9-21(44-4)23(11-25(19)49-28(27)30(36)38)46-6-7-47-33(42)17(2)13-37-15-35-26-18-8-20(43-3)22(45-5)10-24(18)48-29(26)31(37)39/h8-11,14-17H,6-7,12-13H2,1-5H3,(H,40,41). The number of aliphatic carboxylic acids is 1. The topological polar surface area (TPSA) is 170 Å².